The third-order valence-electron chi connectivity index (χ3n) is 2.62. The molecular formula is C13H15N5. The second kappa shape index (κ2) is 4.83. The summed E-state index contributed by atoms with van der Waals surface area (Å²) in [5.74, 6) is 1.49. The van der Waals surface area contributed by atoms with Gasteiger partial charge in [0.25, 0.3) is 0 Å². The van der Waals surface area contributed by atoms with Crippen molar-refractivity contribution in [3.05, 3.63) is 42.9 Å². The van der Waals surface area contributed by atoms with E-state index in [4.69, 9.17) is 11.5 Å². The molecule has 2 aromatic rings. The van der Waals surface area contributed by atoms with Crippen molar-refractivity contribution >= 4 is 22.5 Å². The normalized spacial score (nSPS) is 10.4. The van der Waals surface area contributed by atoms with Crippen LogP contribution in [0.1, 0.15) is 11.4 Å². The maximum atomic E-state index is 5.98. The predicted octanol–water partition coefficient (Wildman–Crippen LogP) is 1.65. The third kappa shape index (κ3) is 2.02. The predicted molar refractivity (Wildman–Crippen MR) is 74.0 cm³/mol. The van der Waals surface area contributed by atoms with Crippen molar-refractivity contribution in [2.24, 2.45) is 0 Å². The molecule has 0 bridgehead atoms. The Morgan fingerprint density at radius 3 is 2.44 bits per heavy atom. The highest BCUT2D eigenvalue weighted by atomic mass is 15.0. The highest BCUT2D eigenvalue weighted by molar-refractivity contribution is 5.93. The molecule has 2 rings (SSSR count). The third-order valence-corrected chi connectivity index (χ3v) is 2.62. The molecule has 0 aliphatic heterocycles. The quantitative estimate of drug-likeness (QED) is 0.794. The van der Waals surface area contributed by atoms with Crippen LogP contribution in [0.25, 0.3) is 10.9 Å². The molecule has 0 amide bonds. The Balaban J connectivity index is 2.73. The molecule has 0 radical (unpaired) electrons. The molecule has 5 nitrogen and oxygen atoms in total. The Morgan fingerprint density at radius 2 is 1.78 bits per heavy atom. The van der Waals surface area contributed by atoms with Gasteiger partial charge >= 0.3 is 0 Å². The van der Waals surface area contributed by atoms with Crippen molar-refractivity contribution in [1.82, 2.24) is 15.0 Å². The number of nitrogens with two attached hydrogens (primary N) is 2. The van der Waals surface area contributed by atoms with E-state index in [1.54, 1.807) is 18.3 Å². The van der Waals surface area contributed by atoms with Crippen LogP contribution < -0.4 is 11.5 Å². The first-order chi connectivity index (χ1) is 8.67. The minimum Gasteiger partial charge on any atom is -0.383 e. The summed E-state index contributed by atoms with van der Waals surface area (Å²) >= 11 is 0. The van der Waals surface area contributed by atoms with Gasteiger partial charge < -0.3 is 11.5 Å². The van der Waals surface area contributed by atoms with Gasteiger partial charge in [0.05, 0.1) is 17.1 Å². The van der Waals surface area contributed by atoms with Crippen LogP contribution in [-0.4, -0.2) is 15.0 Å². The second-order valence-electron chi connectivity index (χ2n) is 3.89. The number of hydrogen-bond donors (Lipinski definition) is 2. The molecule has 92 valence electrons. The van der Waals surface area contributed by atoms with Gasteiger partial charge in [-0.1, -0.05) is 12.2 Å². The van der Waals surface area contributed by atoms with E-state index in [9.17, 15) is 0 Å². The minimum absolute atomic E-state index is 0.419. The molecule has 0 fully saturated rings. The van der Waals surface area contributed by atoms with Crippen LogP contribution in [0, 0.1) is 0 Å². The lowest BCUT2D eigenvalue weighted by Crippen LogP contribution is -2.05. The van der Waals surface area contributed by atoms with E-state index in [0.29, 0.717) is 35.8 Å². The van der Waals surface area contributed by atoms with E-state index in [1.807, 2.05) is 0 Å². The number of anilines is 2. The van der Waals surface area contributed by atoms with Gasteiger partial charge in [-0.2, -0.15) is 0 Å². The maximum absolute atomic E-state index is 5.98. The lowest BCUT2D eigenvalue weighted by Gasteiger charge is -2.09. The standard InChI is InChI=1S/C13H15N5/c1-3-5-8-11-9(7-16-12(8)14)17-10(6-4-2)18-13(11)15/h3-4,7H,1-2,5-6H2,(H2,14,16)(H2,15,17,18). The SMILES string of the molecule is C=CCc1nc(N)c2c(CC=C)c(N)ncc2n1. The molecule has 0 saturated heterocycles. The number of allylic oxidation sites excluding steroid dienone is 2. The number of rotatable bonds is 4. The zero-order valence-corrected chi connectivity index (χ0v) is 10.1. The molecule has 2 aromatic heterocycles. The zero-order chi connectivity index (χ0) is 13.1. The molecule has 0 spiro atoms. The Hall–Kier alpha value is -2.43. The number of pyridine rings is 1. The van der Waals surface area contributed by atoms with Crippen molar-refractivity contribution in [2.75, 3.05) is 11.5 Å². The first-order valence-corrected chi connectivity index (χ1v) is 5.58. The van der Waals surface area contributed by atoms with Crippen LogP contribution in [0.3, 0.4) is 0 Å². The van der Waals surface area contributed by atoms with Crippen molar-refractivity contribution in [3.8, 4) is 0 Å². The fourth-order valence-corrected chi connectivity index (χ4v) is 1.86. The molecule has 2 heterocycles. The lowest BCUT2D eigenvalue weighted by molar-refractivity contribution is 1.02. The number of hydrogen-bond acceptors (Lipinski definition) is 5. The molecule has 5 heteroatoms. The highest BCUT2D eigenvalue weighted by Gasteiger charge is 2.12. The molecule has 0 unspecified atom stereocenters. The lowest BCUT2D eigenvalue weighted by atomic mass is 10.1. The molecule has 18 heavy (non-hydrogen) atoms. The van der Waals surface area contributed by atoms with Crippen molar-refractivity contribution in [1.29, 1.82) is 0 Å². The fraction of sp³-hybridized carbons (Fsp3) is 0.154. The Morgan fingerprint density at radius 1 is 1.06 bits per heavy atom. The molecule has 4 N–H and O–H groups in total. The molecular weight excluding hydrogens is 226 g/mol. The number of nitrogens with zero attached hydrogens (tertiary/aromatic N) is 3. The summed E-state index contributed by atoms with van der Waals surface area (Å²) in [5, 5.41) is 0.759. The van der Waals surface area contributed by atoms with Crippen molar-refractivity contribution in [2.45, 2.75) is 12.8 Å². The number of aromatic nitrogens is 3. The Kier molecular flexibility index (Phi) is 3.23. The van der Waals surface area contributed by atoms with Crippen molar-refractivity contribution < 1.29 is 0 Å². The average Bonchev–Trinajstić information content (AvgIpc) is 2.33. The fourth-order valence-electron chi connectivity index (χ4n) is 1.86. The van der Waals surface area contributed by atoms with E-state index in [-0.39, 0.29) is 0 Å². The highest BCUT2D eigenvalue weighted by Crippen LogP contribution is 2.26. The summed E-state index contributed by atoms with van der Waals surface area (Å²) in [7, 11) is 0. The molecule has 0 saturated carbocycles. The van der Waals surface area contributed by atoms with Crippen LogP contribution in [0.4, 0.5) is 11.6 Å². The summed E-state index contributed by atoms with van der Waals surface area (Å²) in [6.45, 7) is 7.36. The van der Waals surface area contributed by atoms with E-state index in [1.165, 1.54) is 0 Å². The largest absolute Gasteiger partial charge is 0.383 e. The second-order valence-corrected chi connectivity index (χ2v) is 3.89. The van der Waals surface area contributed by atoms with Gasteiger partial charge in [-0.25, -0.2) is 15.0 Å². The van der Waals surface area contributed by atoms with E-state index < -0.39 is 0 Å². The van der Waals surface area contributed by atoms with Gasteiger partial charge in [-0.05, 0) is 6.42 Å². The number of fused-ring (bicyclic) bond motifs is 1. The van der Waals surface area contributed by atoms with E-state index in [0.717, 1.165) is 10.9 Å². The van der Waals surface area contributed by atoms with Crippen LogP contribution in [-0.2, 0) is 12.8 Å². The van der Waals surface area contributed by atoms with Gasteiger partial charge in [-0.15, -0.1) is 13.2 Å². The first kappa shape index (κ1) is 12.0. The van der Waals surface area contributed by atoms with Gasteiger partial charge in [-0.3, -0.25) is 0 Å². The molecule has 0 aliphatic carbocycles. The maximum Gasteiger partial charge on any atom is 0.135 e. The molecule has 0 aliphatic rings. The van der Waals surface area contributed by atoms with Gasteiger partial charge in [0, 0.05) is 12.0 Å². The monoisotopic (exact) mass is 241 g/mol. The van der Waals surface area contributed by atoms with Gasteiger partial charge in [0.1, 0.15) is 17.5 Å². The summed E-state index contributed by atoms with van der Waals surface area (Å²) in [5.41, 5.74) is 13.4. The van der Waals surface area contributed by atoms with Crippen LogP contribution in [0.15, 0.2) is 31.5 Å². The summed E-state index contributed by atoms with van der Waals surface area (Å²) < 4.78 is 0. The number of nitrogen functional groups attached to an aromatic ring is 2. The van der Waals surface area contributed by atoms with E-state index in [2.05, 4.69) is 28.1 Å². The van der Waals surface area contributed by atoms with E-state index >= 15 is 0 Å². The average molecular weight is 241 g/mol. The topological polar surface area (TPSA) is 90.7 Å². The summed E-state index contributed by atoms with van der Waals surface area (Å²) in [6, 6.07) is 0. The van der Waals surface area contributed by atoms with Crippen molar-refractivity contribution in [3.63, 3.8) is 0 Å². The van der Waals surface area contributed by atoms with Crippen LogP contribution in [0.2, 0.25) is 0 Å². The first-order valence-electron chi connectivity index (χ1n) is 5.58. The van der Waals surface area contributed by atoms with Crippen LogP contribution in [0.5, 0.6) is 0 Å². The smallest absolute Gasteiger partial charge is 0.135 e. The summed E-state index contributed by atoms with van der Waals surface area (Å²) in [4.78, 5) is 12.8. The van der Waals surface area contributed by atoms with Gasteiger partial charge in [0.2, 0.25) is 0 Å². The van der Waals surface area contributed by atoms with Crippen LogP contribution >= 0.6 is 0 Å². The summed E-state index contributed by atoms with van der Waals surface area (Å²) in [6.07, 6.45) is 6.26. The minimum atomic E-state index is 0.419. The molecule has 0 atom stereocenters. The molecule has 0 aromatic carbocycles. The Bertz CT molecular complexity index is 618. The Labute approximate surface area is 105 Å². The zero-order valence-electron chi connectivity index (χ0n) is 10.1. The van der Waals surface area contributed by atoms with Gasteiger partial charge in [0.15, 0.2) is 0 Å².